The molecule has 1 aliphatic rings. The van der Waals surface area contributed by atoms with Gasteiger partial charge in [-0.05, 0) is 24.1 Å². The van der Waals surface area contributed by atoms with Crippen molar-refractivity contribution < 1.29 is 27.9 Å². The van der Waals surface area contributed by atoms with E-state index in [1.165, 1.54) is 33.5 Å². The smallest absolute Gasteiger partial charge is 0.323 e. The molecule has 1 amide bonds. The number of carboxylic acids is 1. The van der Waals surface area contributed by atoms with E-state index in [4.69, 9.17) is 9.84 Å². The lowest BCUT2D eigenvalue weighted by molar-refractivity contribution is -0.137. The summed E-state index contributed by atoms with van der Waals surface area (Å²) < 4.78 is 32.0. The number of hydrogen-bond donors (Lipinski definition) is 1. The highest BCUT2D eigenvalue weighted by Crippen LogP contribution is 2.19. The van der Waals surface area contributed by atoms with E-state index in [-0.39, 0.29) is 36.0 Å². The van der Waals surface area contributed by atoms with E-state index in [0.717, 1.165) is 0 Å². The highest BCUT2D eigenvalue weighted by Gasteiger charge is 2.27. The summed E-state index contributed by atoms with van der Waals surface area (Å²) in [5.74, 6) is -1.53. The Labute approximate surface area is 153 Å². The highest BCUT2D eigenvalue weighted by molar-refractivity contribution is 7.89. The molecule has 1 aliphatic heterocycles. The van der Waals surface area contributed by atoms with Gasteiger partial charge in [-0.15, -0.1) is 0 Å². The summed E-state index contributed by atoms with van der Waals surface area (Å²) in [4.78, 5) is 25.0. The molecule has 144 valence electrons. The van der Waals surface area contributed by atoms with Crippen LogP contribution in [-0.2, 0) is 19.6 Å². The standard InChI is InChI=1S/C17H24N2O6S/c1-13(2)11-18(12-16(20)21)17(22)14-4-3-5-15(10-14)26(23,24)19-6-8-25-9-7-19/h3-5,10,13H,6-9,11-12H2,1-2H3,(H,20,21). The van der Waals surface area contributed by atoms with Gasteiger partial charge in [0.25, 0.3) is 5.91 Å². The van der Waals surface area contributed by atoms with Gasteiger partial charge in [-0.3, -0.25) is 9.59 Å². The molecule has 0 bridgehead atoms. The Morgan fingerprint density at radius 3 is 2.50 bits per heavy atom. The Balaban J connectivity index is 2.28. The molecule has 0 spiro atoms. The Kier molecular flexibility index (Phi) is 6.74. The molecule has 1 aromatic rings. The van der Waals surface area contributed by atoms with Gasteiger partial charge in [0.1, 0.15) is 6.54 Å². The van der Waals surface area contributed by atoms with Crippen molar-refractivity contribution in [3.63, 3.8) is 0 Å². The fourth-order valence-corrected chi connectivity index (χ4v) is 4.19. The van der Waals surface area contributed by atoms with Gasteiger partial charge in [0, 0.05) is 25.2 Å². The van der Waals surface area contributed by atoms with Crippen LogP contribution in [0.5, 0.6) is 0 Å². The summed E-state index contributed by atoms with van der Waals surface area (Å²) in [5, 5.41) is 9.04. The van der Waals surface area contributed by atoms with Crippen LogP contribution in [-0.4, -0.2) is 74.0 Å². The Morgan fingerprint density at radius 1 is 1.27 bits per heavy atom. The van der Waals surface area contributed by atoms with Crippen LogP contribution in [0.2, 0.25) is 0 Å². The molecule has 8 nitrogen and oxygen atoms in total. The van der Waals surface area contributed by atoms with Crippen LogP contribution in [0.15, 0.2) is 29.2 Å². The number of sulfonamides is 1. The number of morpholine rings is 1. The zero-order chi connectivity index (χ0) is 19.3. The van der Waals surface area contributed by atoms with Gasteiger partial charge in [0.15, 0.2) is 0 Å². The number of carbonyl (C=O) groups excluding carboxylic acids is 1. The molecule has 0 aliphatic carbocycles. The Bertz CT molecular complexity index is 756. The van der Waals surface area contributed by atoms with Crippen LogP contribution >= 0.6 is 0 Å². The van der Waals surface area contributed by atoms with Crippen molar-refractivity contribution in [1.29, 1.82) is 0 Å². The predicted octanol–water partition coefficient (Wildman–Crippen LogP) is 0.890. The monoisotopic (exact) mass is 384 g/mol. The summed E-state index contributed by atoms with van der Waals surface area (Å²) in [6, 6.07) is 5.73. The molecule has 0 atom stereocenters. The van der Waals surface area contributed by atoms with Gasteiger partial charge in [0.05, 0.1) is 18.1 Å². The molecule has 2 rings (SSSR count). The Hall–Kier alpha value is -1.97. The molecular weight excluding hydrogens is 360 g/mol. The van der Waals surface area contributed by atoms with E-state index in [0.29, 0.717) is 13.2 Å². The number of hydrogen-bond acceptors (Lipinski definition) is 5. The molecule has 1 aromatic carbocycles. The summed E-state index contributed by atoms with van der Waals surface area (Å²) in [6.07, 6.45) is 0. The number of amides is 1. The quantitative estimate of drug-likeness (QED) is 0.749. The third-order valence-corrected chi connectivity index (χ3v) is 5.78. The van der Waals surface area contributed by atoms with Crippen LogP contribution in [0.1, 0.15) is 24.2 Å². The second-order valence-corrected chi connectivity index (χ2v) is 8.46. The average Bonchev–Trinajstić information content (AvgIpc) is 2.60. The molecular formula is C17H24N2O6S. The minimum Gasteiger partial charge on any atom is -0.480 e. The first-order valence-electron chi connectivity index (χ1n) is 8.41. The number of ether oxygens (including phenoxy) is 1. The number of benzene rings is 1. The maximum absolute atomic E-state index is 12.7. The zero-order valence-electron chi connectivity index (χ0n) is 14.9. The summed E-state index contributed by atoms with van der Waals surface area (Å²) in [7, 11) is -3.72. The van der Waals surface area contributed by atoms with Crippen molar-refractivity contribution in [3.8, 4) is 0 Å². The maximum Gasteiger partial charge on any atom is 0.323 e. The van der Waals surface area contributed by atoms with E-state index in [1.807, 2.05) is 13.8 Å². The molecule has 1 saturated heterocycles. The minimum atomic E-state index is -3.72. The van der Waals surface area contributed by atoms with Crippen LogP contribution < -0.4 is 0 Å². The Morgan fingerprint density at radius 2 is 1.92 bits per heavy atom. The number of carboxylic acid groups (broad SMARTS) is 1. The molecule has 26 heavy (non-hydrogen) atoms. The zero-order valence-corrected chi connectivity index (χ0v) is 15.7. The fraction of sp³-hybridized carbons (Fsp3) is 0.529. The number of nitrogens with zero attached hydrogens (tertiary/aromatic N) is 2. The number of aliphatic carboxylic acids is 1. The van der Waals surface area contributed by atoms with Crippen molar-refractivity contribution in [2.24, 2.45) is 5.92 Å². The first kappa shape index (κ1) is 20.3. The lowest BCUT2D eigenvalue weighted by Crippen LogP contribution is -2.41. The van der Waals surface area contributed by atoms with E-state index < -0.39 is 28.4 Å². The second kappa shape index (κ2) is 8.61. The van der Waals surface area contributed by atoms with Crippen molar-refractivity contribution >= 4 is 21.9 Å². The molecule has 0 aromatic heterocycles. The van der Waals surface area contributed by atoms with Crippen LogP contribution in [0, 0.1) is 5.92 Å². The average molecular weight is 384 g/mol. The predicted molar refractivity (Wildman–Crippen MR) is 94.4 cm³/mol. The van der Waals surface area contributed by atoms with E-state index in [1.54, 1.807) is 0 Å². The van der Waals surface area contributed by atoms with Crippen LogP contribution in [0.3, 0.4) is 0 Å². The van der Waals surface area contributed by atoms with Crippen molar-refractivity contribution in [2.45, 2.75) is 18.7 Å². The maximum atomic E-state index is 12.7. The van der Waals surface area contributed by atoms with Crippen LogP contribution in [0.25, 0.3) is 0 Å². The van der Waals surface area contributed by atoms with Crippen molar-refractivity contribution in [1.82, 2.24) is 9.21 Å². The summed E-state index contributed by atoms with van der Waals surface area (Å²) >= 11 is 0. The first-order valence-corrected chi connectivity index (χ1v) is 9.85. The topological polar surface area (TPSA) is 104 Å². The molecule has 0 saturated carbocycles. The van der Waals surface area contributed by atoms with Gasteiger partial charge in [0.2, 0.25) is 10.0 Å². The van der Waals surface area contributed by atoms with Crippen LogP contribution in [0.4, 0.5) is 0 Å². The molecule has 9 heteroatoms. The third kappa shape index (κ3) is 5.03. The van der Waals surface area contributed by atoms with Gasteiger partial charge >= 0.3 is 5.97 Å². The third-order valence-electron chi connectivity index (χ3n) is 3.89. The van der Waals surface area contributed by atoms with Gasteiger partial charge in [-0.2, -0.15) is 4.31 Å². The number of carbonyl (C=O) groups is 2. The van der Waals surface area contributed by atoms with Crippen molar-refractivity contribution in [2.75, 3.05) is 39.4 Å². The van der Waals surface area contributed by atoms with E-state index in [2.05, 4.69) is 0 Å². The number of rotatable bonds is 7. The minimum absolute atomic E-state index is 0.0186. The summed E-state index contributed by atoms with van der Waals surface area (Å²) in [5.41, 5.74) is 0.154. The van der Waals surface area contributed by atoms with Gasteiger partial charge in [-0.25, -0.2) is 8.42 Å². The molecule has 1 N–H and O–H groups in total. The van der Waals surface area contributed by atoms with Gasteiger partial charge in [-0.1, -0.05) is 19.9 Å². The highest BCUT2D eigenvalue weighted by atomic mass is 32.2. The van der Waals surface area contributed by atoms with E-state index in [9.17, 15) is 18.0 Å². The second-order valence-electron chi connectivity index (χ2n) is 6.52. The van der Waals surface area contributed by atoms with E-state index >= 15 is 0 Å². The molecule has 0 unspecified atom stereocenters. The molecule has 1 heterocycles. The largest absolute Gasteiger partial charge is 0.480 e. The normalized spacial score (nSPS) is 15.8. The van der Waals surface area contributed by atoms with Crippen molar-refractivity contribution in [3.05, 3.63) is 29.8 Å². The molecule has 0 radical (unpaired) electrons. The molecule has 1 fully saturated rings. The SMILES string of the molecule is CC(C)CN(CC(=O)O)C(=O)c1cccc(S(=O)(=O)N2CCOCC2)c1. The fourth-order valence-electron chi connectivity index (χ4n) is 2.73. The summed E-state index contributed by atoms with van der Waals surface area (Å²) in [6.45, 7) is 4.78. The van der Waals surface area contributed by atoms with Gasteiger partial charge < -0.3 is 14.7 Å². The lowest BCUT2D eigenvalue weighted by atomic mass is 10.1. The first-order chi connectivity index (χ1) is 12.2. The lowest BCUT2D eigenvalue weighted by Gasteiger charge is -2.26.